The first-order valence-electron chi connectivity index (χ1n) is 3.75. The minimum Gasteiger partial charge on any atom is -0.374 e. The van der Waals surface area contributed by atoms with Gasteiger partial charge in [0.2, 0.25) is 10.1 Å². The number of aromatic nitrogens is 4. The summed E-state index contributed by atoms with van der Waals surface area (Å²) in [7, 11) is 0. The van der Waals surface area contributed by atoms with Crippen LogP contribution in [0.4, 0.5) is 5.13 Å². The Balaban J connectivity index is 2.70. The second-order valence-corrected chi connectivity index (χ2v) is 4.37. The van der Waals surface area contributed by atoms with Crippen molar-refractivity contribution in [3.8, 4) is 0 Å². The number of anilines is 1. The van der Waals surface area contributed by atoms with E-state index in [4.69, 9.17) is 11.5 Å². The van der Waals surface area contributed by atoms with E-state index < -0.39 is 5.54 Å². The molecule has 2 heterocycles. The highest BCUT2D eigenvalue weighted by Crippen LogP contribution is 2.20. The highest BCUT2D eigenvalue weighted by molar-refractivity contribution is 7.20. The van der Waals surface area contributed by atoms with Crippen LogP contribution in [-0.4, -0.2) is 19.8 Å². The number of nitrogens with two attached hydrogens (primary N) is 2. The van der Waals surface area contributed by atoms with Crippen LogP contribution >= 0.6 is 11.3 Å². The van der Waals surface area contributed by atoms with Crippen molar-refractivity contribution >= 4 is 21.4 Å². The lowest BCUT2D eigenvalue weighted by atomic mass is 10.1. The van der Waals surface area contributed by atoms with Gasteiger partial charge in [0.1, 0.15) is 0 Å². The summed E-state index contributed by atoms with van der Waals surface area (Å²) in [6.45, 7) is 3.69. The summed E-state index contributed by atoms with van der Waals surface area (Å²) < 4.78 is 1.58. The number of hydrogen-bond donors (Lipinski definition) is 2. The zero-order valence-electron chi connectivity index (χ0n) is 7.35. The Morgan fingerprint density at radius 3 is 2.69 bits per heavy atom. The summed E-state index contributed by atoms with van der Waals surface area (Å²) in [5.41, 5.74) is 10.8. The molecule has 2 aromatic heterocycles. The normalized spacial score (nSPS) is 12.5. The number of hydrogen-bond acceptors (Lipinski definition) is 6. The molecule has 0 fully saturated rings. The molecule has 4 N–H and O–H groups in total. The summed E-state index contributed by atoms with van der Waals surface area (Å²) >= 11 is 1.29. The largest absolute Gasteiger partial charge is 0.374 e. The van der Waals surface area contributed by atoms with Crippen LogP contribution in [0.3, 0.4) is 0 Å². The predicted octanol–water partition coefficient (Wildman–Crippen LogP) is -0.0382. The summed E-state index contributed by atoms with van der Waals surface area (Å²) in [4.78, 5) is 0.672. The van der Waals surface area contributed by atoms with Crippen molar-refractivity contribution in [2.24, 2.45) is 5.73 Å². The maximum absolute atomic E-state index is 5.88. The SMILES string of the molecule is CC(C)(N)c1nnc2sc(N)nn12. The smallest absolute Gasteiger partial charge is 0.236 e. The molecule has 2 aromatic rings. The lowest BCUT2D eigenvalue weighted by molar-refractivity contribution is 0.499. The van der Waals surface area contributed by atoms with Gasteiger partial charge in [0.25, 0.3) is 0 Å². The third-order valence-electron chi connectivity index (χ3n) is 1.58. The Bertz CT molecular complexity index is 435. The van der Waals surface area contributed by atoms with E-state index in [1.807, 2.05) is 13.8 Å². The van der Waals surface area contributed by atoms with Crippen LogP contribution in [-0.2, 0) is 5.54 Å². The van der Waals surface area contributed by atoms with Crippen molar-refractivity contribution in [3.05, 3.63) is 5.82 Å². The van der Waals surface area contributed by atoms with E-state index in [1.54, 1.807) is 4.52 Å². The Labute approximate surface area is 78.6 Å². The van der Waals surface area contributed by atoms with E-state index in [9.17, 15) is 0 Å². The Kier molecular flexibility index (Phi) is 1.54. The molecule has 0 saturated heterocycles. The third-order valence-corrected chi connectivity index (χ3v) is 2.31. The number of nitrogen functional groups attached to an aromatic ring is 1. The molecule has 2 rings (SSSR count). The van der Waals surface area contributed by atoms with Crippen LogP contribution in [0.2, 0.25) is 0 Å². The van der Waals surface area contributed by atoms with Gasteiger partial charge in [-0.05, 0) is 13.8 Å². The fourth-order valence-corrected chi connectivity index (χ4v) is 1.64. The van der Waals surface area contributed by atoms with Gasteiger partial charge in [-0.2, -0.15) is 4.52 Å². The Morgan fingerprint density at radius 2 is 2.08 bits per heavy atom. The average Bonchev–Trinajstić information content (AvgIpc) is 2.41. The molecular weight excluding hydrogens is 188 g/mol. The molecule has 13 heavy (non-hydrogen) atoms. The van der Waals surface area contributed by atoms with Crippen molar-refractivity contribution in [2.45, 2.75) is 19.4 Å². The summed E-state index contributed by atoms with van der Waals surface area (Å²) in [5, 5.41) is 12.4. The van der Waals surface area contributed by atoms with Crippen LogP contribution < -0.4 is 11.5 Å². The predicted molar refractivity (Wildman–Crippen MR) is 50.3 cm³/mol. The minimum absolute atomic E-state index is 0.468. The van der Waals surface area contributed by atoms with Gasteiger partial charge in [-0.1, -0.05) is 11.3 Å². The minimum atomic E-state index is -0.556. The second kappa shape index (κ2) is 2.39. The second-order valence-electron chi connectivity index (χ2n) is 3.38. The molecular formula is C6H10N6S. The molecule has 0 radical (unpaired) electrons. The van der Waals surface area contributed by atoms with E-state index in [0.29, 0.717) is 15.9 Å². The van der Waals surface area contributed by atoms with Crippen molar-refractivity contribution < 1.29 is 0 Å². The fraction of sp³-hybridized carbons (Fsp3) is 0.500. The van der Waals surface area contributed by atoms with Gasteiger partial charge < -0.3 is 11.5 Å². The summed E-state index contributed by atoms with van der Waals surface area (Å²) in [5.74, 6) is 0.621. The molecule has 0 aliphatic heterocycles. The molecule has 70 valence electrons. The molecule has 0 unspecified atom stereocenters. The van der Waals surface area contributed by atoms with E-state index in [1.165, 1.54) is 11.3 Å². The van der Waals surface area contributed by atoms with Crippen molar-refractivity contribution in [1.29, 1.82) is 0 Å². The fourth-order valence-electron chi connectivity index (χ4n) is 1.03. The summed E-state index contributed by atoms with van der Waals surface area (Å²) in [6.07, 6.45) is 0. The molecule has 0 atom stereocenters. The molecule has 0 bridgehead atoms. The maximum atomic E-state index is 5.88. The van der Waals surface area contributed by atoms with Gasteiger partial charge in [-0.15, -0.1) is 15.3 Å². The van der Waals surface area contributed by atoms with E-state index in [2.05, 4.69) is 15.3 Å². The first-order chi connectivity index (χ1) is 5.98. The van der Waals surface area contributed by atoms with Crippen LogP contribution in [0.15, 0.2) is 0 Å². The van der Waals surface area contributed by atoms with E-state index in [-0.39, 0.29) is 0 Å². The van der Waals surface area contributed by atoms with Gasteiger partial charge in [0, 0.05) is 0 Å². The lowest BCUT2D eigenvalue weighted by Crippen LogP contribution is -2.31. The maximum Gasteiger partial charge on any atom is 0.236 e. The Hall–Kier alpha value is -1.21. The number of fused-ring (bicyclic) bond motifs is 1. The van der Waals surface area contributed by atoms with Gasteiger partial charge in [-0.3, -0.25) is 0 Å². The van der Waals surface area contributed by atoms with Crippen LogP contribution in [0.5, 0.6) is 0 Å². The van der Waals surface area contributed by atoms with Gasteiger partial charge in [-0.25, -0.2) is 0 Å². The summed E-state index contributed by atoms with van der Waals surface area (Å²) in [6, 6.07) is 0. The first-order valence-corrected chi connectivity index (χ1v) is 4.57. The number of nitrogens with zero attached hydrogens (tertiary/aromatic N) is 4. The highest BCUT2D eigenvalue weighted by atomic mass is 32.1. The third kappa shape index (κ3) is 1.25. The van der Waals surface area contributed by atoms with Gasteiger partial charge in [0.05, 0.1) is 5.54 Å². The molecule has 0 aliphatic carbocycles. The van der Waals surface area contributed by atoms with Crippen LogP contribution in [0.1, 0.15) is 19.7 Å². The zero-order valence-corrected chi connectivity index (χ0v) is 8.17. The van der Waals surface area contributed by atoms with E-state index >= 15 is 0 Å². The molecule has 0 aliphatic rings. The van der Waals surface area contributed by atoms with Crippen molar-refractivity contribution in [3.63, 3.8) is 0 Å². The molecule has 0 aromatic carbocycles. The number of rotatable bonds is 1. The Morgan fingerprint density at radius 1 is 1.38 bits per heavy atom. The molecule has 7 heteroatoms. The van der Waals surface area contributed by atoms with Crippen LogP contribution in [0.25, 0.3) is 4.96 Å². The van der Waals surface area contributed by atoms with Crippen LogP contribution in [0, 0.1) is 0 Å². The first kappa shape index (κ1) is 8.39. The van der Waals surface area contributed by atoms with Gasteiger partial charge in [0.15, 0.2) is 5.82 Å². The molecule has 0 spiro atoms. The molecule has 0 saturated carbocycles. The average molecular weight is 198 g/mol. The molecule has 6 nitrogen and oxygen atoms in total. The monoisotopic (exact) mass is 198 g/mol. The van der Waals surface area contributed by atoms with Crippen molar-refractivity contribution in [2.75, 3.05) is 5.73 Å². The quantitative estimate of drug-likeness (QED) is 0.670. The van der Waals surface area contributed by atoms with Crippen molar-refractivity contribution in [1.82, 2.24) is 19.8 Å². The standard InChI is InChI=1S/C6H10N6S/c1-6(2,8)3-9-10-5-12(3)11-4(7)13-5/h8H2,1-2H3,(H2,7,11). The zero-order chi connectivity index (χ0) is 9.64. The van der Waals surface area contributed by atoms with E-state index in [0.717, 1.165) is 0 Å². The highest BCUT2D eigenvalue weighted by Gasteiger charge is 2.23. The molecule has 0 amide bonds. The topological polar surface area (TPSA) is 95.1 Å². The van der Waals surface area contributed by atoms with Gasteiger partial charge >= 0.3 is 0 Å². The lowest BCUT2D eigenvalue weighted by Gasteiger charge is -2.13.